The third kappa shape index (κ3) is 4.49. The van der Waals surface area contributed by atoms with Gasteiger partial charge in [-0.15, -0.1) is 11.8 Å². The first kappa shape index (κ1) is 17.3. The molecule has 1 amide bonds. The highest BCUT2D eigenvalue weighted by Gasteiger charge is 2.31. The lowest BCUT2D eigenvalue weighted by Gasteiger charge is -2.35. The summed E-state index contributed by atoms with van der Waals surface area (Å²) in [5.41, 5.74) is 0. The molecular formula is C16H27N3O2S. The highest BCUT2D eigenvalue weighted by Crippen LogP contribution is 2.30. The van der Waals surface area contributed by atoms with Crippen molar-refractivity contribution in [2.24, 2.45) is 13.0 Å². The monoisotopic (exact) mass is 325 g/mol. The molecule has 124 valence electrons. The summed E-state index contributed by atoms with van der Waals surface area (Å²) in [6.07, 6.45) is 4.81. The van der Waals surface area contributed by atoms with Crippen LogP contribution in [0.1, 0.15) is 45.5 Å². The van der Waals surface area contributed by atoms with Crippen LogP contribution in [-0.2, 0) is 11.8 Å². The lowest BCUT2D eigenvalue weighted by atomic mass is 9.92. The number of piperidine rings is 1. The summed E-state index contributed by atoms with van der Waals surface area (Å²) >= 11 is 1.67. The first-order valence-electron chi connectivity index (χ1n) is 7.85. The first-order chi connectivity index (χ1) is 10.3. The van der Waals surface area contributed by atoms with E-state index in [-0.39, 0.29) is 16.6 Å². The van der Waals surface area contributed by atoms with Crippen molar-refractivity contribution in [2.75, 3.05) is 18.8 Å². The standard InChI is InChI=1S/C16H27N3O2S/c1-16(2,3)22-11-13(20)19-8-5-6-12(10-19)14(21)15-17-7-9-18(15)4/h7,9,12,14,21H,5-6,8,10-11H2,1-4H3. The van der Waals surface area contributed by atoms with Crippen LogP contribution in [0.25, 0.3) is 0 Å². The molecule has 1 saturated heterocycles. The Morgan fingerprint density at radius 2 is 2.27 bits per heavy atom. The summed E-state index contributed by atoms with van der Waals surface area (Å²) in [5.74, 6) is 1.44. The number of likely N-dealkylation sites (tertiary alicyclic amines) is 1. The Balaban J connectivity index is 1.94. The van der Waals surface area contributed by atoms with E-state index in [2.05, 4.69) is 25.8 Å². The topological polar surface area (TPSA) is 58.4 Å². The number of amides is 1. The molecule has 1 aliphatic rings. The summed E-state index contributed by atoms with van der Waals surface area (Å²) in [4.78, 5) is 18.5. The Labute approximate surface area is 137 Å². The maximum absolute atomic E-state index is 12.4. The lowest BCUT2D eigenvalue weighted by Crippen LogP contribution is -2.43. The van der Waals surface area contributed by atoms with Crippen LogP contribution in [-0.4, -0.2) is 49.1 Å². The minimum absolute atomic E-state index is 0.0680. The zero-order valence-electron chi connectivity index (χ0n) is 14.0. The molecule has 22 heavy (non-hydrogen) atoms. The molecule has 0 aromatic carbocycles. The largest absolute Gasteiger partial charge is 0.385 e. The van der Waals surface area contributed by atoms with Crippen molar-refractivity contribution in [1.29, 1.82) is 0 Å². The number of hydrogen-bond acceptors (Lipinski definition) is 4. The van der Waals surface area contributed by atoms with Gasteiger partial charge in [0.1, 0.15) is 11.9 Å². The van der Waals surface area contributed by atoms with E-state index in [1.165, 1.54) is 0 Å². The zero-order chi connectivity index (χ0) is 16.3. The van der Waals surface area contributed by atoms with Gasteiger partial charge < -0.3 is 14.6 Å². The van der Waals surface area contributed by atoms with Gasteiger partial charge in [-0.3, -0.25) is 4.79 Å². The highest BCUT2D eigenvalue weighted by molar-refractivity contribution is 8.01. The molecule has 1 aliphatic heterocycles. The maximum atomic E-state index is 12.4. The molecule has 2 atom stereocenters. The van der Waals surface area contributed by atoms with Gasteiger partial charge in [-0.2, -0.15) is 0 Å². The van der Waals surface area contributed by atoms with Crippen LogP contribution in [0, 0.1) is 5.92 Å². The number of carbonyl (C=O) groups excluding carboxylic acids is 1. The van der Waals surface area contributed by atoms with Gasteiger partial charge in [-0.05, 0) is 12.8 Å². The fourth-order valence-corrected chi connectivity index (χ4v) is 3.48. The van der Waals surface area contributed by atoms with Crippen molar-refractivity contribution >= 4 is 17.7 Å². The quantitative estimate of drug-likeness (QED) is 0.922. The molecule has 1 fully saturated rings. The van der Waals surface area contributed by atoms with Crippen LogP contribution < -0.4 is 0 Å². The van der Waals surface area contributed by atoms with Gasteiger partial charge in [-0.25, -0.2) is 4.98 Å². The molecule has 2 heterocycles. The second-order valence-electron chi connectivity index (χ2n) is 6.98. The molecule has 0 spiro atoms. The predicted molar refractivity (Wildman–Crippen MR) is 89.7 cm³/mol. The van der Waals surface area contributed by atoms with Gasteiger partial charge in [0.25, 0.3) is 0 Å². The minimum atomic E-state index is -0.606. The first-order valence-corrected chi connectivity index (χ1v) is 8.83. The molecule has 0 saturated carbocycles. The van der Waals surface area contributed by atoms with E-state index in [4.69, 9.17) is 0 Å². The average Bonchev–Trinajstić information content (AvgIpc) is 2.89. The summed E-state index contributed by atoms with van der Waals surface area (Å²) < 4.78 is 1.94. The molecule has 1 N–H and O–H groups in total. The smallest absolute Gasteiger partial charge is 0.232 e. The van der Waals surface area contributed by atoms with Gasteiger partial charge >= 0.3 is 0 Å². The van der Waals surface area contributed by atoms with Gasteiger partial charge in [0.05, 0.1) is 5.75 Å². The number of carbonyl (C=O) groups is 1. The van der Waals surface area contributed by atoms with Crippen molar-refractivity contribution in [2.45, 2.75) is 44.5 Å². The van der Waals surface area contributed by atoms with Gasteiger partial charge in [0, 0.05) is 43.2 Å². The van der Waals surface area contributed by atoms with Crippen LogP contribution in [0.5, 0.6) is 0 Å². The Bertz CT molecular complexity index is 510. The number of aryl methyl sites for hydroxylation is 1. The fraction of sp³-hybridized carbons (Fsp3) is 0.750. The molecule has 2 unspecified atom stereocenters. The van der Waals surface area contributed by atoms with E-state index < -0.39 is 6.10 Å². The number of aliphatic hydroxyl groups is 1. The number of hydrogen-bond donors (Lipinski definition) is 1. The van der Waals surface area contributed by atoms with Crippen molar-refractivity contribution < 1.29 is 9.90 Å². The van der Waals surface area contributed by atoms with Crippen molar-refractivity contribution in [3.63, 3.8) is 0 Å². The highest BCUT2D eigenvalue weighted by atomic mass is 32.2. The molecule has 1 aromatic rings. The Morgan fingerprint density at radius 1 is 1.55 bits per heavy atom. The molecular weight excluding hydrogens is 298 g/mol. The maximum Gasteiger partial charge on any atom is 0.232 e. The fourth-order valence-electron chi connectivity index (χ4n) is 2.74. The zero-order valence-corrected chi connectivity index (χ0v) is 14.8. The number of rotatable bonds is 4. The minimum Gasteiger partial charge on any atom is -0.385 e. The van der Waals surface area contributed by atoms with E-state index in [1.807, 2.05) is 22.7 Å². The van der Waals surface area contributed by atoms with E-state index in [0.717, 1.165) is 19.4 Å². The van der Waals surface area contributed by atoms with Gasteiger partial charge in [-0.1, -0.05) is 20.8 Å². The van der Waals surface area contributed by atoms with Crippen molar-refractivity contribution in [1.82, 2.24) is 14.5 Å². The van der Waals surface area contributed by atoms with Crippen molar-refractivity contribution in [3.8, 4) is 0 Å². The molecule has 1 aromatic heterocycles. The van der Waals surface area contributed by atoms with Crippen LogP contribution in [0.2, 0.25) is 0 Å². The Morgan fingerprint density at radius 3 is 2.86 bits per heavy atom. The molecule has 6 heteroatoms. The Hall–Kier alpha value is -1.01. The summed E-state index contributed by atoms with van der Waals surface area (Å²) in [5, 5.41) is 10.5. The molecule has 0 bridgehead atoms. The molecule has 0 aliphatic carbocycles. The summed E-state index contributed by atoms with van der Waals surface area (Å²) in [6, 6.07) is 0. The van der Waals surface area contributed by atoms with E-state index >= 15 is 0 Å². The lowest BCUT2D eigenvalue weighted by molar-refractivity contribution is -0.131. The van der Waals surface area contributed by atoms with Crippen LogP contribution in [0.3, 0.4) is 0 Å². The molecule has 5 nitrogen and oxygen atoms in total. The van der Waals surface area contributed by atoms with Gasteiger partial charge in [0.2, 0.25) is 5.91 Å². The predicted octanol–water partition coefficient (Wildman–Crippen LogP) is 2.22. The third-order valence-electron chi connectivity index (χ3n) is 4.01. The summed E-state index contributed by atoms with van der Waals surface area (Å²) in [7, 11) is 1.89. The molecule has 0 radical (unpaired) electrons. The Kier molecular flexibility index (Phi) is 5.55. The second kappa shape index (κ2) is 7.04. The van der Waals surface area contributed by atoms with E-state index in [1.54, 1.807) is 18.0 Å². The van der Waals surface area contributed by atoms with Crippen molar-refractivity contribution in [3.05, 3.63) is 18.2 Å². The van der Waals surface area contributed by atoms with E-state index in [0.29, 0.717) is 18.1 Å². The second-order valence-corrected chi connectivity index (χ2v) is 8.79. The number of nitrogens with zero attached hydrogens (tertiary/aromatic N) is 3. The van der Waals surface area contributed by atoms with Crippen LogP contribution >= 0.6 is 11.8 Å². The van der Waals surface area contributed by atoms with Crippen LogP contribution in [0.15, 0.2) is 12.4 Å². The molecule has 2 rings (SSSR count). The number of aliphatic hydroxyl groups excluding tert-OH is 1. The van der Waals surface area contributed by atoms with Crippen LogP contribution in [0.4, 0.5) is 0 Å². The summed E-state index contributed by atoms with van der Waals surface area (Å²) in [6.45, 7) is 7.78. The number of imidazole rings is 1. The van der Waals surface area contributed by atoms with E-state index in [9.17, 15) is 9.90 Å². The van der Waals surface area contributed by atoms with Gasteiger partial charge in [0.15, 0.2) is 0 Å². The SMILES string of the molecule is Cn1ccnc1C(O)C1CCCN(C(=O)CSC(C)(C)C)C1. The number of aromatic nitrogens is 2. The normalized spacial score (nSPS) is 21.0. The number of thioether (sulfide) groups is 1. The average molecular weight is 325 g/mol. The third-order valence-corrected chi connectivity index (χ3v) is 5.27.